The average molecular weight is 426 g/mol. The molecule has 0 aromatic heterocycles. The van der Waals surface area contributed by atoms with Crippen molar-refractivity contribution in [2.45, 2.75) is 77.2 Å². The first-order valence-corrected chi connectivity index (χ1v) is 11.8. The molecule has 7 nitrogen and oxygen atoms in total. The van der Waals surface area contributed by atoms with Crippen molar-refractivity contribution in [1.82, 2.24) is 15.4 Å². The van der Waals surface area contributed by atoms with Gasteiger partial charge in [0.25, 0.3) is 0 Å². The monoisotopic (exact) mass is 425 g/mol. The van der Waals surface area contributed by atoms with E-state index < -0.39 is 22.0 Å². The van der Waals surface area contributed by atoms with Gasteiger partial charge in [0.2, 0.25) is 21.8 Å². The van der Waals surface area contributed by atoms with Crippen molar-refractivity contribution >= 4 is 21.8 Å². The number of rotatable bonds is 13. The van der Waals surface area contributed by atoms with Crippen LogP contribution >= 0.6 is 0 Å². The SMILES string of the molecule is CCCCNC(=O)CC[C@H](NS(=O)(=O)c1ccc(C)cc1C)C(=O)NCCCC. The largest absolute Gasteiger partial charge is 0.356 e. The maximum Gasteiger partial charge on any atom is 0.241 e. The second-order valence-electron chi connectivity index (χ2n) is 7.33. The van der Waals surface area contributed by atoms with Crippen molar-refractivity contribution < 1.29 is 18.0 Å². The maximum absolute atomic E-state index is 12.9. The summed E-state index contributed by atoms with van der Waals surface area (Å²) in [7, 11) is -3.89. The Bertz CT molecular complexity index is 778. The van der Waals surface area contributed by atoms with Gasteiger partial charge in [0.05, 0.1) is 4.90 Å². The van der Waals surface area contributed by atoms with Gasteiger partial charge in [0.15, 0.2) is 0 Å². The lowest BCUT2D eigenvalue weighted by molar-refractivity contribution is -0.123. The van der Waals surface area contributed by atoms with E-state index in [1.165, 1.54) is 6.07 Å². The fourth-order valence-electron chi connectivity index (χ4n) is 2.88. The molecule has 0 saturated carbocycles. The fourth-order valence-corrected chi connectivity index (χ4v) is 4.33. The summed E-state index contributed by atoms with van der Waals surface area (Å²) in [6.45, 7) is 8.70. The normalized spacial score (nSPS) is 12.4. The molecule has 0 saturated heterocycles. The van der Waals surface area contributed by atoms with Gasteiger partial charge in [-0.15, -0.1) is 0 Å². The molecule has 8 heteroatoms. The smallest absolute Gasteiger partial charge is 0.241 e. The van der Waals surface area contributed by atoms with E-state index in [2.05, 4.69) is 15.4 Å². The highest BCUT2D eigenvalue weighted by atomic mass is 32.2. The summed E-state index contributed by atoms with van der Waals surface area (Å²) in [4.78, 5) is 24.7. The fraction of sp³-hybridized carbons (Fsp3) is 0.619. The molecule has 0 spiro atoms. The minimum atomic E-state index is -3.89. The van der Waals surface area contributed by atoms with Gasteiger partial charge in [-0.25, -0.2) is 8.42 Å². The van der Waals surface area contributed by atoms with Crippen LogP contribution in [0.2, 0.25) is 0 Å². The van der Waals surface area contributed by atoms with Gasteiger partial charge in [-0.05, 0) is 44.7 Å². The lowest BCUT2D eigenvalue weighted by Crippen LogP contribution is -2.47. The molecule has 0 aliphatic heterocycles. The Balaban J connectivity index is 2.89. The summed E-state index contributed by atoms with van der Waals surface area (Å²) < 4.78 is 28.2. The molecule has 29 heavy (non-hydrogen) atoms. The Morgan fingerprint density at radius 2 is 1.62 bits per heavy atom. The van der Waals surface area contributed by atoms with Crippen molar-refractivity contribution in [2.24, 2.45) is 0 Å². The van der Waals surface area contributed by atoms with Crippen molar-refractivity contribution in [1.29, 1.82) is 0 Å². The Morgan fingerprint density at radius 3 is 2.21 bits per heavy atom. The van der Waals surface area contributed by atoms with Crippen molar-refractivity contribution in [3.8, 4) is 0 Å². The van der Waals surface area contributed by atoms with Crippen molar-refractivity contribution in [2.75, 3.05) is 13.1 Å². The molecule has 1 rings (SSSR count). The van der Waals surface area contributed by atoms with Crippen LogP contribution in [0.25, 0.3) is 0 Å². The zero-order valence-corrected chi connectivity index (χ0v) is 18.8. The molecule has 0 aliphatic carbocycles. The van der Waals surface area contributed by atoms with E-state index in [0.29, 0.717) is 18.7 Å². The lowest BCUT2D eigenvalue weighted by atomic mass is 10.1. The predicted octanol–water partition coefficient (Wildman–Crippen LogP) is 2.56. The van der Waals surface area contributed by atoms with Crippen LogP contribution in [0.1, 0.15) is 63.5 Å². The number of carbonyl (C=O) groups is 2. The molecule has 1 atom stereocenters. The lowest BCUT2D eigenvalue weighted by Gasteiger charge is -2.19. The van der Waals surface area contributed by atoms with Gasteiger partial charge in [-0.1, -0.05) is 44.4 Å². The molecule has 0 unspecified atom stereocenters. The first kappa shape index (κ1) is 25.1. The number of unbranched alkanes of at least 4 members (excludes halogenated alkanes) is 2. The highest BCUT2D eigenvalue weighted by Gasteiger charge is 2.27. The topological polar surface area (TPSA) is 104 Å². The van der Waals surface area contributed by atoms with E-state index in [4.69, 9.17) is 0 Å². The van der Waals surface area contributed by atoms with Crippen LogP contribution in [-0.4, -0.2) is 39.4 Å². The highest BCUT2D eigenvalue weighted by molar-refractivity contribution is 7.89. The molecule has 0 fully saturated rings. The zero-order chi connectivity index (χ0) is 21.9. The molecule has 3 N–H and O–H groups in total. The van der Waals surface area contributed by atoms with Gasteiger partial charge in [0, 0.05) is 19.5 Å². The molecule has 0 aliphatic rings. The summed E-state index contributed by atoms with van der Waals surface area (Å²) in [5.41, 5.74) is 1.57. The highest BCUT2D eigenvalue weighted by Crippen LogP contribution is 2.17. The summed E-state index contributed by atoms with van der Waals surface area (Å²) in [5.74, 6) is -0.594. The second-order valence-corrected chi connectivity index (χ2v) is 9.01. The predicted molar refractivity (Wildman–Crippen MR) is 115 cm³/mol. The minimum absolute atomic E-state index is 0.0744. The van der Waals surface area contributed by atoms with E-state index in [-0.39, 0.29) is 23.6 Å². The number of benzene rings is 1. The van der Waals surface area contributed by atoms with Gasteiger partial charge >= 0.3 is 0 Å². The van der Waals surface area contributed by atoms with E-state index in [9.17, 15) is 18.0 Å². The molecule has 164 valence electrons. The summed E-state index contributed by atoms with van der Waals surface area (Å²) in [6.07, 6.45) is 3.74. The third-order valence-electron chi connectivity index (χ3n) is 4.58. The number of hydrogen-bond donors (Lipinski definition) is 3. The van der Waals surface area contributed by atoms with Crippen LogP contribution < -0.4 is 15.4 Å². The third-order valence-corrected chi connectivity index (χ3v) is 6.21. The zero-order valence-electron chi connectivity index (χ0n) is 18.0. The number of amides is 2. The quantitative estimate of drug-likeness (QED) is 0.423. The van der Waals surface area contributed by atoms with Crippen molar-refractivity contribution in [3.63, 3.8) is 0 Å². The second kappa shape index (κ2) is 12.6. The van der Waals surface area contributed by atoms with Gasteiger partial charge in [-0.2, -0.15) is 4.72 Å². The summed E-state index contributed by atoms with van der Waals surface area (Å²) in [6, 6.07) is 4.04. The van der Waals surface area contributed by atoms with Gasteiger partial charge < -0.3 is 10.6 Å². The number of nitrogens with one attached hydrogen (secondary N) is 3. The molecule has 1 aromatic carbocycles. The average Bonchev–Trinajstić information content (AvgIpc) is 2.65. The van der Waals surface area contributed by atoms with Crippen LogP contribution in [0.15, 0.2) is 23.1 Å². The van der Waals surface area contributed by atoms with Gasteiger partial charge in [-0.3, -0.25) is 9.59 Å². The number of aryl methyl sites for hydroxylation is 2. The molecule has 1 aromatic rings. The number of hydrogen-bond acceptors (Lipinski definition) is 4. The third kappa shape index (κ3) is 8.95. The van der Waals surface area contributed by atoms with Crippen LogP contribution in [-0.2, 0) is 19.6 Å². The standard InChI is InChI=1S/C21H35N3O4S/c1-5-7-13-22-20(25)12-10-18(21(26)23-14-8-6-2)24-29(27,28)19-11-9-16(3)15-17(19)4/h9,11,15,18,24H,5-8,10,12-14H2,1-4H3,(H,22,25)(H,23,26)/t18-/m0/s1. The minimum Gasteiger partial charge on any atom is -0.356 e. The van der Waals surface area contributed by atoms with E-state index >= 15 is 0 Å². The van der Waals surface area contributed by atoms with E-state index in [0.717, 1.165) is 31.2 Å². The molecular weight excluding hydrogens is 390 g/mol. The van der Waals surface area contributed by atoms with Crippen molar-refractivity contribution in [3.05, 3.63) is 29.3 Å². The van der Waals surface area contributed by atoms with Gasteiger partial charge in [0.1, 0.15) is 6.04 Å². The van der Waals surface area contributed by atoms with Crippen LogP contribution in [0, 0.1) is 13.8 Å². The summed E-state index contributed by atoms with van der Waals surface area (Å²) >= 11 is 0. The Morgan fingerprint density at radius 1 is 1.00 bits per heavy atom. The first-order chi connectivity index (χ1) is 13.7. The van der Waals surface area contributed by atoms with Crippen LogP contribution in [0.5, 0.6) is 0 Å². The molecule has 0 bridgehead atoms. The molecule has 0 radical (unpaired) electrons. The Kier molecular flexibility index (Phi) is 10.9. The van der Waals surface area contributed by atoms with E-state index in [1.807, 2.05) is 20.8 Å². The molecular formula is C21H35N3O4S. The Labute approximate surface area is 175 Å². The van der Waals surface area contributed by atoms with Crippen LogP contribution in [0.3, 0.4) is 0 Å². The molecule has 2 amide bonds. The number of sulfonamides is 1. The maximum atomic E-state index is 12.9. The van der Waals surface area contributed by atoms with Crippen LogP contribution in [0.4, 0.5) is 0 Å². The molecule has 0 heterocycles. The Hall–Kier alpha value is -1.93. The van der Waals surface area contributed by atoms with E-state index in [1.54, 1.807) is 19.1 Å². The first-order valence-electron chi connectivity index (χ1n) is 10.3. The number of carbonyl (C=O) groups excluding carboxylic acids is 2. The summed E-state index contributed by atoms with van der Waals surface area (Å²) in [5, 5.41) is 5.55.